The van der Waals surface area contributed by atoms with Crippen LogP contribution in [0.3, 0.4) is 0 Å². The number of hydrogen-bond acceptors (Lipinski definition) is 4. The van der Waals surface area contributed by atoms with E-state index < -0.39 is 31.8 Å². The largest absolute Gasteiger partial charge is 0.497 e. The van der Waals surface area contributed by atoms with Crippen molar-refractivity contribution in [1.82, 2.24) is 10.6 Å². The average Bonchev–Trinajstić information content (AvgIpc) is 3.17. The monoisotopic (exact) mass is 457 g/mol. The van der Waals surface area contributed by atoms with Crippen LogP contribution in [0.2, 0.25) is 19.6 Å². The van der Waals surface area contributed by atoms with Gasteiger partial charge in [-0.15, -0.1) is 0 Å². The van der Waals surface area contributed by atoms with Gasteiger partial charge in [-0.1, -0.05) is 37.8 Å². The van der Waals surface area contributed by atoms with Crippen LogP contribution in [0.15, 0.2) is 42.5 Å². The zero-order chi connectivity index (χ0) is 23.5. The van der Waals surface area contributed by atoms with Crippen molar-refractivity contribution < 1.29 is 23.5 Å². The molecule has 3 N–H and O–H groups in total. The van der Waals surface area contributed by atoms with Gasteiger partial charge in [0.25, 0.3) is 5.91 Å². The molecule has 32 heavy (non-hydrogen) atoms. The van der Waals surface area contributed by atoms with Gasteiger partial charge in [-0.2, -0.15) is 0 Å². The van der Waals surface area contributed by atoms with Gasteiger partial charge < -0.3 is 20.7 Å². The molecule has 0 unspecified atom stereocenters. The summed E-state index contributed by atoms with van der Waals surface area (Å²) in [6.07, 6.45) is 0.0755. The van der Waals surface area contributed by atoms with Crippen LogP contribution in [-0.2, 0) is 14.4 Å². The van der Waals surface area contributed by atoms with Crippen molar-refractivity contribution in [1.29, 1.82) is 0 Å². The predicted molar refractivity (Wildman–Crippen MR) is 123 cm³/mol. The van der Waals surface area contributed by atoms with E-state index in [9.17, 15) is 18.8 Å². The quantitative estimate of drug-likeness (QED) is 0.556. The summed E-state index contributed by atoms with van der Waals surface area (Å²) in [5, 5.41) is 8.72. The third-order valence-corrected chi connectivity index (χ3v) is 7.41. The first-order chi connectivity index (χ1) is 15.1. The predicted octanol–water partition coefficient (Wildman–Crippen LogP) is 2.31. The molecule has 3 rings (SSSR count). The fourth-order valence-electron chi connectivity index (χ4n) is 3.56. The van der Waals surface area contributed by atoms with Gasteiger partial charge in [0.2, 0.25) is 11.8 Å². The number of rotatable bonds is 7. The second-order valence-corrected chi connectivity index (χ2v) is 13.9. The van der Waals surface area contributed by atoms with Gasteiger partial charge >= 0.3 is 0 Å². The average molecular weight is 458 g/mol. The summed E-state index contributed by atoms with van der Waals surface area (Å²) in [4.78, 5) is 37.3. The fraction of sp³-hybridized carbons (Fsp3) is 0.348. The fourth-order valence-corrected chi connectivity index (χ4v) is 4.93. The second-order valence-electron chi connectivity index (χ2n) is 8.85. The molecule has 2 atom stereocenters. The summed E-state index contributed by atoms with van der Waals surface area (Å²) in [6, 6.07) is 10.4. The van der Waals surface area contributed by atoms with Gasteiger partial charge in [-0.3, -0.25) is 14.4 Å². The summed E-state index contributed by atoms with van der Waals surface area (Å²) in [5.41, 5.74) is 0.841. The first-order valence-corrected chi connectivity index (χ1v) is 13.9. The first kappa shape index (κ1) is 23.5. The molecule has 0 spiro atoms. The van der Waals surface area contributed by atoms with Gasteiger partial charge in [-0.05, 0) is 35.0 Å². The normalized spacial score (nSPS) is 16.8. The number of halogens is 1. The Kier molecular flexibility index (Phi) is 6.98. The number of methoxy groups -OCH3 is 1. The van der Waals surface area contributed by atoms with Crippen LogP contribution in [0.4, 0.5) is 10.1 Å². The molecule has 1 aliphatic heterocycles. The summed E-state index contributed by atoms with van der Waals surface area (Å²) in [6.45, 7) is 6.36. The van der Waals surface area contributed by atoms with E-state index in [1.807, 2.05) is 19.6 Å². The summed E-state index contributed by atoms with van der Waals surface area (Å²) >= 11 is 0. The van der Waals surface area contributed by atoms with E-state index in [-0.39, 0.29) is 24.7 Å². The third kappa shape index (κ3) is 5.53. The van der Waals surface area contributed by atoms with Gasteiger partial charge in [0, 0.05) is 18.7 Å². The van der Waals surface area contributed by atoms with Crippen molar-refractivity contribution in [3.05, 3.63) is 53.8 Å². The van der Waals surface area contributed by atoms with E-state index in [1.54, 1.807) is 36.4 Å². The highest BCUT2D eigenvalue weighted by Crippen LogP contribution is 2.22. The van der Waals surface area contributed by atoms with Crippen molar-refractivity contribution in [2.75, 3.05) is 19.0 Å². The van der Waals surface area contributed by atoms with Crippen LogP contribution in [0, 0.1) is 11.7 Å². The van der Waals surface area contributed by atoms with Gasteiger partial charge in [0.15, 0.2) is 0 Å². The van der Waals surface area contributed by atoms with Crippen LogP contribution in [0.25, 0.3) is 0 Å². The maximum absolute atomic E-state index is 14.6. The van der Waals surface area contributed by atoms with Crippen molar-refractivity contribution in [2.24, 2.45) is 5.92 Å². The first-order valence-electron chi connectivity index (χ1n) is 10.4. The third-order valence-electron chi connectivity index (χ3n) is 5.39. The van der Waals surface area contributed by atoms with E-state index in [4.69, 9.17) is 4.74 Å². The zero-order valence-electron chi connectivity index (χ0n) is 18.6. The Hall–Kier alpha value is -3.20. The van der Waals surface area contributed by atoms with Gasteiger partial charge in [0.1, 0.15) is 17.6 Å². The maximum atomic E-state index is 14.6. The van der Waals surface area contributed by atoms with Crippen molar-refractivity contribution in [3.8, 4) is 5.75 Å². The van der Waals surface area contributed by atoms with Crippen LogP contribution >= 0.6 is 0 Å². The second kappa shape index (κ2) is 9.52. The lowest BCUT2D eigenvalue weighted by Crippen LogP contribution is -2.41. The number of benzene rings is 2. The molecule has 7 nitrogen and oxygen atoms in total. The molecule has 0 bridgehead atoms. The van der Waals surface area contributed by atoms with Crippen molar-refractivity contribution in [2.45, 2.75) is 32.1 Å². The lowest BCUT2D eigenvalue weighted by Gasteiger charge is -2.22. The molecule has 1 heterocycles. The minimum atomic E-state index is -1.86. The molecule has 0 aromatic heterocycles. The molecule has 9 heteroatoms. The molecule has 2 aromatic carbocycles. The molecule has 0 radical (unpaired) electrons. The summed E-state index contributed by atoms with van der Waals surface area (Å²) in [5.74, 6) is -1.42. The number of nitrogens with one attached hydrogen (secondary N) is 3. The standard InChI is InChI=1S/C23H28FN3O4Si/c1-31-17-8-5-14(6-9-17)21(27-22(29)15-11-20(28)25-13-15)23(30)26-16-7-10-19(18(24)12-16)32(2,3)4/h5-10,12,15,21H,11,13H2,1-4H3,(H,25,28)(H,26,30)(H,27,29)/t15-,21-/m0/s1. The van der Waals surface area contributed by atoms with E-state index in [0.29, 0.717) is 22.2 Å². The number of hydrogen-bond donors (Lipinski definition) is 3. The van der Waals surface area contributed by atoms with Crippen molar-refractivity contribution in [3.63, 3.8) is 0 Å². The molecular weight excluding hydrogens is 429 g/mol. The molecule has 2 aromatic rings. The lowest BCUT2D eigenvalue weighted by molar-refractivity contribution is -0.129. The minimum Gasteiger partial charge on any atom is -0.497 e. The number of carbonyl (C=O) groups is 3. The van der Waals surface area contributed by atoms with Crippen LogP contribution in [0.5, 0.6) is 5.75 Å². The molecule has 1 aliphatic rings. The highest BCUT2D eigenvalue weighted by atomic mass is 28.3. The topological polar surface area (TPSA) is 96.5 Å². The van der Waals surface area contributed by atoms with Crippen LogP contribution < -0.4 is 25.9 Å². The Morgan fingerprint density at radius 3 is 2.38 bits per heavy atom. The highest BCUT2D eigenvalue weighted by Gasteiger charge is 2.32. The van der Waals surface area contributed by atoms with E-state index in [1.165, 1.54) is 13.2 Å². The van der Waals surface area contributed by atoms with E-state index in [0.717, 1.165) is 0 Å². The Balaban J connectivity index is 1.83. The Bertz CT molecular complexity index is 1020. The Morgan fingerprint density at radius 2 is 1.84 bits per heavy atom. The van der Waals surface area contributed by atoms with E-state index >= 15 is 0 Å². The molecule has 1 saturated heterocycles. The van der Waals surface area contributed by atoms with Crippen molar-refractivity contribution >= 4 is 36.7 Å². The Labute approximate surface area is 187 Å². The highest BCUT2D eigenvalue weighted by molar-refractivity contribution is 6.88. The maximum Gasteiger partial charge on any atom is 0.251 e. The van der Waals surface area contributed by atoms with Crippen LogP contribution in [0.1, 0.15) is 18.0 Å². The number of carbonyl (C=O) groups excluding carboxylic acids is 3. The molecule has 0 aliphatic carbocycles. The number of amides is 3. The Morgan fingerprint density at radius 1 is 1.16 bits per heavy atom. The SMILES string of the molecule is COc1ccc([C@H](NC(=O)[C@@H]2CNC(=O)C2)C(=O)Nc2ccc([Si](C)(C)C)c(F)c2)cc1. The number of ether oxygens (including phenoxy) is 1. The summed E-state index contributed by atoms with van der Waals surface area (Å²) < 4.78 is 19.8. The number of anilines is 1. The molecular formula is C23H28FN3O4Si. The zero-order valence-corrected chi connectivity index (χ0v) is 19.6. The molecule has 1 fully saturated rings. The van der Waals surface area contributed by atoms with Gasteiger partial charge in [-0.25, -0.2) is 4.39 Å². The molecule has 0 saturated carbocycles. The summed E-state index contributed by atoms with van der Waals surface area (Å²) in [7, 11) is -0.325. The molecule has 170 valence electrons. The molecule has 3 amide bonds. The lowest BCUT2D eigenvalue weighted by atomic mass is 10.0. The minimum absolute atomic E-state index is 0.0755. The van der Waals surface area contributed by atoms with Gasteiger partial charge in [0.05, 0.1) is 21.1 Å². The smallest absolute Gasteiger partial charge is 0.251 e. The van der Waals surface area contributed by atoms with E-state index in [2.05, 4.69) is 16.0 Å². The van der Waals surface area contributed by atoms with Crippen LogP contribution in [-0.4, -0.2) is 39.4 Å².